The molecule has 30 heavy (non-hydrogen) atoms. The number of nitrogens with one attached hydrogen (secondary N) is 1. The Hall–Kier alpha value is -2.48. The Bertz CT molecular complexity index is 839. The Morgan fingerprint density at radius 2 is 1.87 bits per heavy atom. The summed E-state index contributed by atoms with van der Waals surface area (Å²) in [7, 11) is 1.70. The van der Waals surface area contributed by atoms with E-state index >= 15 is 0 Å². The first kappa shape index (κ1) is 20.8. The van der Waals surface area contributed by atoms with Gasteiger partial charge < -0.3 is 19.6 Å². The largest absolute Gasteiger partial charge is 0.368 e. The Kier molecular flexibility index (Phi) is 6.04. The molecule has 3 amide bonds. The van der Waals surface area contributed by atoms with Gasteiger partial charge in [0.15, 0.2) is 18.2 Å². The smallest absolute Gasteiger partial charge is 0.325 e. The molecule has 162 valence electrons. The van der Waals surface area contributed by atoms with Crippen molar-refractivity contribution in [2.45, 2.75) is 38.4 Å². The van der Waals surface area contributed by atoms with E-state index in [-0.39, 0.29) is 11.9 Å². The average Bonchev–Trinajstić information content (AvgIpc) is 3.13. The van der Waals surface area contributed by atoms with E-state index in [1.165, 1.54) is 4.90 Å². The fourth-order valence-electron chi connectivity index (χ4n) is 4.38. The number of aliphatic imine (C=N–C) groups is 1. The van der Waals surface area contributed by atoms with Crippen LogP contribution in [-0.4, -0.2) is 84.6 Å². The lowest BCUT2D eigenvalue weighted by molar-refractivity contribution is -0.127. The number of anilines is 1. The summed E-state index contributed by atoms with van der Waals surface area (Å²) in [4.78, 5) is 37.8. The van der Waals surface area contributed by atoms with E-state index < -0.39 is 12.2 Å². The van der Waals surface area contributed by atoms with E-state index in [4.69, 9.17) is 16.6 Å². The van der Waals surface area contributed by atoms with Crippen molar-refractivity contribution in [3.63, 3.8) is 0 Å². The SMILES string of the molecule is CCCCCN1C(N2CCN(c3cccc(Cl)c3)CC2)=NC2C1C(=O)NC(=O)N2C. The normalized spacial score (nSPS) is 24.2. The molecule has 4 rings (SSSR count). The molecule has 3 aliphatic heterocycles. The number of fused-ring (bicyclic) bond motifs is 1. The van der Waals surface area contributed by atoms with Crippen molar-refractivity contribution in [1.82, 2.24) is 20.0 Å². The Morgan fingerprint density at radius 1 is 1.13 bits per heavy atom. The maximum Gasteiger partial charge on any atom is 0.325 e. The van der Waals surface area contributed by atoms with Crippen LogP contribution < -0.4 is 10.2 Å². The molecule has 0 radical (unpaired) electrons. The summed E-state index contributed by atoms with van der Waals surface area (Å²) in [5.74, 6) is 0.583. The van der Waals surface area contributed by atoms with E-state index in [0.29, 0.717) is 0 Å². The van der Waals surface area contributed by atoms with Gasteiger partial charge in [-0.05, 0) is 24.6 Å². The van der Waals surface area contributed by atoms with Gasteiger partial charge in [0.05, 0.1) is 0 Å². The van der Waals surface area contributed by atoms with Gasteiger partial charge in [-0.15, -0.1) is 0 Å². The number of hydrogen-bond donors (Lipinski definition) is 1. The van der Waals surface area contributed by atoms with Crippen molar-refractivity contribution < 1.29 is 9.59 Å². The quantitative estimate of drug-likeness (QED) is 0.722. The van der Waals surface area contributed by atoms with E-state index in [0.717, 1.165) is 68.7 Å². The molecule has 3 heterocycles. The Labute approximate surface area is 182 Å². The summed E-state index contributed by atoms with van der Waals surface area (Å²) >= 11 is 6.15. The molecule has 0 spiro atoms. The second-order valence-electron chi connectivity index (χ2n) is 8.05. The molecule has 0 bridgehead atoms. The predicted octanol–water partition coefficient (Wildman–Crippen LogP) is 2.20. The summed E-state index contributed by atoms with van der Waals surface area (Å²) in [6, 6.07) is 7.08. The van der Waals surface area contributed by atoms with Crippen LogP contribution >= 0.6 is 11.6 Å². The zero-order chi connectivity index (χ0) is 21.3. The number of carbonyl (C=O) groups excluding carboxylic acids is 2. The highest BCUT2D eigenvalue weighted by Gasteiger charge is 2.49. The molecule has 8 nitrogen and oxygen atoms in total. The van der Waals surface area contributed by atoms with Gasteiger partial charge >= 0.3 is 6.03 Å². The van der Waals surface area contributed by atoms with Gasteiger partial charge in [-0.2, -0.15) is 0 Å². The van der Waals surface area contributed by atoms with Crippen LogP contribution in [0.2, 0.25) is 5.02 Å². The number of unbranched alkanes of at least 4 members (excludes halogenated alkanes) is 2. The fraction of sp³-hybridized carbons (Fsp3) is 0.571. The van der Waals surface area contributed by atoms with Crippen LogP contribution in [0.5, 0.6) is 0 Å². The van der Waals surface area contributed by atoms with Crippen molar-refractivity contribution in [3.05, 3.63) is 29.3 Å². The van der Waals surface area contributed by atoms with Gasteiger partial charge in [0.2, 0.25) is 0 Å². The van der Waals surface area contributed by atoms with Crippen LogP contribution in [0.1, 0.15) is 26.2 Å². The number of halogens is 1. The lowest BCUT2D eigenvalue weighted by atomic mass is 10.1. The lowest BCUT2D eigenvalue weighted by Gasteiger charge is -2.41. The summed E-state index contributed by atoms with van der Waals surface area (Å²) in [5, 5.41) is 3.21. The van der Waals surface area contributed by atoms with E-state index in [2.05, 4.69) is 33.0 Å². The third kappa shape index (κ3) is 3.93. The highest BCUT2D eigenvalue weighted by atomic mass is 35.5. The number of benzene rings is 1. The Morgan fingerprint density at radius 3 is 2.57 bits per heavy atom. The van der Waals surface area contributed by atoms with Gasteiger partial charge in [0, 0.05) is 50.5 Å². The van der Waals surface area contributed by atoms with E-state index in [1.807, 2.05) is 18.2 Å². The van der Waals surface area contributed by atoms with Crippen molar-refractivity contribution in [2.75, 3.05) is 44.7 Å². The second-order valence-corrected chi connectivity index (χ2v) is 8.48. The number of nitrogens with zero attached hydrogens (tertiary/aromatic N) is 5. The first-order chi connectivity index (χ1) is 14.5. The molecule has 2 atom stereocenters. The molecular formula is C21H29ClN6O2. The number of urea groups is 1. The Balaban J connectivity index is 1.51. The minimum absolute atomic E-state index is 0.254. The van der Waals surface area contributed by atoms with Gasteiger partial charge in [-0.25, -0.2) is 9.79 Å². The predicted molar refractivity (Wildman–Crippen MR) is 118 cm³/mol. The molecule has 0 saturated carbocycles. The molecule has 2 unspecified atom stereocenters. The van der Waals surface area contributed by atoms with E-state index in [1.54, 1.807) is 7.05 Å². The minimum Gasteiger partial charge on any atom is -0.368 e. The number of amides is 3. The number of hydrogen-bond acceptors (Lipinski definition) is 6. The first-order valence-corrected chi connectivity index (χ1v) is 11.0. The zero-order valence-electron chi connectivity index (χ0n) is 17.6. The molecule has 1 N–H and O–H groups in total. The molecule has 9 heteroatoms. The van der Waals surface area contributed by atoms with Crippen LogP contribution in [0.25, 0.3) is 0 Å². The third-order valence-electron chi connectivity index (χ3n) is 6.08. The molecule has 1 aromatic carbocycles. The summed E-state index contributed by atoms with van der Waals surface area (Å²) in [6.07, 6.45) is 2.73. The molecule has 3 aliphatic rings. The standard InChI is InChI=1S/C21H29ClN6O2/c1-3-4-5-9-28-17-18(25(2)21(30)24-19(17)29)23-20(28)27-12-10-26(11-13-27)16-8-6-7-15(22)14-16/h6-8,14,17-18H,3-5,9-13H2,1-2H3,(H,24,29,30). The topological polar surface area (TPSA) is 71.5 Å². The van der Waals surface area contributed by atoms with Crippen LogP contribution in [0.15, 0.2) is 29.3 Å². The summed E-state index contributed by atoms with van der Waals surface area (Å²) in [5.41, 5.74) is 1.12. The highest BCUT2D eigenvalue weighted by molar-refractivity contribution is 6.30. The molecule has 0 aliphatic carbocycles. The number of carbonyl (C=O) groups is 2. The molecule has 1 aromatic rings. The zero-order valence-corrected chi connectivity index (χ0v) is 18.3. The molecule has 0 aromatic heterocycles. The molecular weight excluding hydrogens is 404 g/mol. The number of likely N-dealkylation sites (N-methyl/N-ethyl adjacent to an activating group) is 1. The maximum atomic E-state index is 12.7. The van der Waals surface area contributed by atoms with Crippen LogP contribution in [0.4, 0.5) is 10.5 Å². The van der Waals surface area contributed by atoms with Crippen LogP contribution in [-0.2, 0) is 4.79 Å². The monoisotopic (exact) mass is 432 g/mol. The van der Waals surface area contributed by atoms with Crippen molar-refractivity contribution in [3.8, 4) is 0 Å². The van der Waals surface area contributed by atoms with Gasteiger partial charge in [-0.1, -0.05) is 37.4 Å². The van der Waals surface area contributed by atoms with Crippen molar-refractivity contribution in [2.24, 2.45) is 4.99 Å². The number of guanidine groups is 1. The van der Waals surface area contributed by atoms with Crippen LogP contribution in [0.3, 0.4) is 0 Å². The third-order valence-corrected chi connectivity index (χ3v) is 6.31. The van der Waals surface area contributed by atoms with Gasteiger partial charge in [0.1, 0.15) is 0 Å². The van der Waals surface area contributed by atoms with Gasteiger partial charge in [-0.3, -0.25) is 10.1 Å². The van der Waals surface area contributed by atoms with Crippen LogP contribution in [0, 0.1) is 0 Å². The van der Waals surface area contributed by atoms with Crippen molar-refractivity contribution >= 4 is 35.2 Å². The lowest BCUT2D eigenvalue weighted by Crippen LogP contribution is -2.64. The average molecular weight is 433 g/mol. The molecule has 2 fully saturated rings. The minimum atomic E-state index is -0.464. The number of rotatable bonds is 5. The van der Waals surface area contributed by atoms with E-state index in [9.17, 15) is 9.59 Å². The molecule has 2 saturated heterocycles. The van der Waals surface area contributed by atoms with Gasteiger partial charge in [0.25, 0.3) is 5.91 Å². The second kappa shape index (κ2) is 8.71. The number of piperazine rings is 1. The highest BCUT2D eigenvalue weighted by Crippen LogP contribution is 2.27. The van der Waals surface area contributed by atoms with Crippen molar-refractivity contribution in [1.29, 1.82) is 0 Å². The summed E-state index contributed by atoms with van der Waals surface area (Å²) < 4.78 is 0. The fourth-order valence-corrected chi connectivity index (χ4v) is 4.57. The number of imide groups is 1. The summed E-state index contributed by atoms with van der Waals surface area (Å²) in [6.45, 7) is 6.22. The maximum absolute atomic E-state index is 12.7. The first-order valence-electron chi connectivity index (χ1n) is 10.7.